The molecule has 0 aromatic heterocycles. The molecular weight excluding hydrogens is 479 g/mol. The first-order chi connectivity index (χ1) is 15.7. The van der Waals surface area contributed by atoms with E-state index in [0.717, 1.165) is 18.2 Å². The molecule has 3 rings (SSSR count). The Labute approximate surface area is 195 Å². The van der Waals surface area contributed by atoms with Crippen LogP contribution in [-0.4, -0.2) is 27.1 Å². The number of benzene rings is 3. The lowest BCUT2D eigenvalue weighted by Gasteiger charge is -2.07. The molecule has 33 heavy (non-hydrogen) atoms. The van der Waals surface area contributed by atoms with Crippen molar-refractivity contribution in [2.45, 2.75) is 0 Å². The number of phenolic OH excluding ortho intramolecular Hbond substituents is 1. The zero-order chi connectivity index (χ0) is 24.1. The van der Waals surface area contributed by atoms with Crippen LogP contribution in [0.5, 0.6) is 17.2 Å². The van der Waals surface area contributed by atoms with Crippen molar-refractivity contribution in [1.82, 2.24) is 5.43 Å². The summed E-state index contributed by atoms with van der Waals surface area (Å²) in [6.45, 7) is 0. The molecule has 2 N–H and O–H groups in total. The van der Waals surface area contributed by atoms with E-state index < -0.39 is 32.9 Å². The van der Waals surface area contributed by atoms with Crippen LogP contribution in [0.1, 0.15) is 15.9 Å². The molecule has 0 bridgehead atoms. The van der Waals surface area contributed by atoms with E-state index in [9.17, 15) is 30.1 Å². The zero-order valence-corrected chi connectivity index (χ0v) is 17.8. The molecule has 0 radical (unpaired) electrons. The van der Waals surface area contributed by atoms with Crippen molar-refractivity contribution in [3.63, 3.8) is 0 Å². The fourth-order valence-corrected chi connectivity index (χ4v) is 3.06. The van der Waals surface area contributed by atoms with Crippen molar-refractivity contribution < 1.29 is 24.5 Å². The van der Waals surface area contributed by atoms with E-state index in [2.05, 4.69) is 10.5 Å². The molecule has 0 unspecified atom stereocenters. The standard InChI is InChI=1S/C20H12Cl2N4O7/c21-12-7-15(19(27)16(22)8-12)20(28)24-23-10-11-1-4-14(5-2-11)33-18-6-3-13(25(29)30)9-17(18)26(31)32/h1-10,27H,(H,24,28). The van der Waals surface area contributed by atoms with Gasteiger partial charge in [-0.3, -0.25) is 25.0 Å². The number of hydrazone groups is 1. The third kappa shape index (κ3) is 5.73. The van der Waals surface area contributed by atoms with Gasteiger partial charge in [0.2, 0.25) is 5.75 Å². The van der Waals surface area contributed by atoms with Crippen LogP contribution in [0.2, 0.25) is 10.0 Å². The van der Waals surface area contributed by atoms with Crippen LogP contribution in [0.25, 0.3) is 0 Å². The third-order valence-corrected chi connectivity index (χ3v) is 4.62. The van der Waals surface area contributed by atoms with E-state index >= 15 is 0 Å². The molecule has 1 amide bonds. The van der Waals surface area contributed by atoms with Crippen LogP contribution in [0.15, 0.2) is 59.7 Å². The molecule has 0 aliphatic carbocycles. The summed E-state index contributed by atoms with van der Waals surface area (Å²) in [4.78, 5) is 32.6. The SMILES string of the molecule is O=C(NN=Cc1ccc(Oc2ccc([N+](=O)[O-])cc2[N+](=O)[O-])cc1)c1cc(Cl)cc(Cl)c1O. The van der Waals surface area contributed by atoms with Gasteiger partial charge in [0.15, 0.2) is 0 Å². The highest BCUT2D eigenvalue weighted by molar-refractivity contribution is 6.36. The minimum Gasteiger partial charge on any atom is -0.506 e. The van der Waals surface area contributed by atoms with Crippen LogP contribution in [0.3, 0.4) is 0 Å². The van der Waals surface area contributed by atoms with Crippen LogP contribution in [0.4, 0.5) is 11.4 Å². The smallest absolute Gasteiger partial charge is 0.318 e. The molecule has 3 aromatic carbocycles. The lowest BCUT2D eigenvalue weighted by molar-refractivity contribution is -0.394. The molecule has 0 saturated carbocycles. The molecule has 0 heterocycles. The first-order valence-electron chi connectivity index (χ1n) is 8.88. The number of phenols is 1. The molecule has 0 atom stereocenters. The number of rotatable bonds is 7. The molecule has 0 aliphatic heterocycles. The number of nitrogens with one attached hydrogen (secondary N) is 1. The van der Waals surface area contributed by atoms with E-state index in [0.29, 0.717) is 5.56 Å². The highest BCUT2D eigenvalue weighted by atomic mass is 35.5. The number of nitro groups is 2. The van der Waals surface area contributed by atoms with Gasteiger partial charge in [0, 0.05) is 11.1 Å². The first kappa shape index (κ1) is 23.4. The van der Waals surface area contributed by atoms with Gasteiger partial charge in [-0.15, -0.1) is 0 Å². The van der Waals surface area contributed by atoms with Gasteiger partial charge in [-0.25, -0.2) is 5.43 Å². The van der Waals surface area contributed by atoms with Crippen LogP contribution in [0, 0.1) is 20.2 Å². The van der Waals surface area contributed by atoms with E-state index in [-0.39, 0.29) is 27.1 Å². The van der Waals surface area contributed by atoms with E-state index in [1.54, 1.807) is 12.1 Å². The first-order valence-corrected chi connectivity index (χ1v) is 9.63. The van der Waals surface area contributed by atoms with Crippen molar-refractivity contribution in [1.29, 1.82) is 0 Å². The van der Waals surface area contributed by atoms with E-state index in [1.807, 2.05) is 0 Å². The summed E-state index contributed by atoms with van der Waals surface area (Å²) in [5.74, 6) is -1.11. The van der Waals surface area contributed by atoms with Crippen LogP contribution >= 0.6 is 23.2 Å². The number of aromatic hydroxyl groups is 1. The number of ether oxygens (including phenoxy) is 1. The lowest BCUT2D eigenvalue weighted by Crippen LogP contribution is -2.17. The summed E-state index contributed by atoms with van der Waals surface area (Å²) in [6.07, 6.45) is 1.30. The number of non-ortho nitro benzene ring substituents is 1. The highest BCUT2D eigenvalue weighted by Crippen LogP contribution is 2.34. The van der Waals surface area contributed by atoms with Gasteiger partial charge < -0.3 is 9.84 Å². The Morgan fingerprint density at radius 1 is 1.03 bits per heavy atom. The molecular formula is C20H12Cl2N4O7. The molecule has 168 valence electrons. The highest BCUT2D eigenvalue weighted by Gasteiger charge is 2.21. The number of carbonyl (C=O) groups excluding carboxylic acids is 1. The normalized spacial score (nSPS) is 10.7. The average Bonchev–Trinajstić information content (AvgIpc) is 2.77. The Morgan fingerprint density at radius 2 is 1.73 bits per heavy atom. The van der Waals surface area contributed by atoms with E-state index in [4.69, 9.17) is 27.9 Å². The topological polar surface area (TPSA) is 157 Å². The summed E-state index contributed by atoms with van der Waals surface area (Å²) in [6, 6.07) is 11.6. The monoisotopic (exact) mass is 490 g/mol. The van der Waals surface area contributed by atoms with Crippen molar-refractivity contribution >= 4 is 46.7 Å². The number of halogens is 2. The molecule has 0 fully saturated rings. The maximum absolute atomic E-state index is 12.2. The lowest BCUT2D eigenvalue weighted by atomic mass is 10.2. The Balaban J connectivity index is 1.69. The summed E-state index contributed by atoms with van der Waals surface area (Å²) < 4.78 is 5.47. The maximum atomic E-state index is 12.2. The summed E-state index contributed by atoms with van der Waals surface area (Å²) in [7, 11) is 0. The second kappa shape index (κ2) is 9.94. The summed E-state index contributed by atoms with van der Waals surface area (Å²) in [5.41, 5.74) is 1.62. The molecule has 0 aliphatic rings. The Hall–Kier alpha value is -4.22. The number of nitro benzene ring substituents is 2. The van der Waals surface area contributed by atoms with Crippen molar-refractivity contribution in [2.75, 3.05) is 0 Å². The number of hydrogen-bond donors (Lipinski definition) is 2. The Bertz CT molecular complexity index is 1280. The largest absolute Gasteiger partial charge is 0.506 e. The quantitative estimate of drug-likeness (QED) is 0.265. The van der Waals surface area contributed by atoms with Gasteiger partial charge >= 0.3 is 5.69 Å². The number of hydrogen-bond acceptors (Lipinski definition) is 8. The molecule has 0 saturated heterocycles. The minimum atomic E-state index is -0.781. The fraction of sp³-hybridized carbons (Fsp3) is 0. The molecule has 0 spiro atoms. The van der Waals surface area contributed by atoms with Gasteiger partial charge in [0.25, 0.3) is 11.6 Å². The van der Waals surface area contributed by atoms with Crippen LogP contribution in [-0.2, 0) is 0 Å². The molecule has 13 heteroatoms. The number of carbonyl (C=O) groups is 1. The van der Waals surface area contributed by atoms with E-state index in [1.165, 1.54) is 30.5 Å². The van der Waals surface area contributed by atoms with Gasteiger partial charge in [0.1, 0.15) is 11.5 Å². The van der Waals surface area contributed by atoms with Crippen LogP contribution < -0.4 is 10.2 Å². The second-order valence-corrected chi connectivity index (χ2v) is 7.16. The fourth-order valence-electron chi connectivity index (χ4n) is 2.56. The summed E-state index contributed by atoms with van der Waals surface area (Å²) in [5, 5.41) is 35.7. The van der Waals surface area contributed by atoms with Gasteiger partial charge in [-0.2, -0.15) is 5.10 Å². The second-order valence-electron chi connectivity index (χ2n) is 6.32. The molecule has 3 aromatic rings. The maximum Gasteiger partial charge on any atom is 0.318 e. The zero-order valence-electron chi connectivity index (χ0n) is 16.3. The van der Waals surface area contributed by atoms with Crippen molar-refractivity contribution in [3.05, 3.63) is 96.0 Å². The Kier molecular flexibility index (Phi) is 7.06. The van der Waals surface area contributed by atoms with Crippen molar-refractivity contribution in [2.24, 2.45) is 5.10 Å². The third-order valence-electron chi connectivity index (χ3n) is 4.11. The Morgan fingerprint density at radius 3 is 2.36 bits per heavy atom. The summed E-state index contributed by atoms with van der Waals surface area (Å²) >= 11 is 11.6. The average molecular weight is 491 g/mol. The number of amides is 1. The number of nitrogens with zero attached hydrogens (tertiary/aromatic N) is 3. The predicted molar refractivity (Wildman–Crippen MR) is 119 cm³/mol. The molecule has 11 nitrogen and oxygen atoms in total. The van der Waals surface area contributed by atoms with Gasteiger partial charge in [-0.05, 0) is 48.0 Å². The predicted octanol–water partition coefficient (Wildman–Crippen LogP) is 5.07. The van der Waals surface area contributed by atoms with Crippen molar-refractivity contribution in [3.8, 4) is 17.2 Å². The van der Waals surface area contributed by atoms with Gasteiger partial charge in [-0.1, -0.05) is 23.2 Å². The minimum absolute atomic E-state index is 0.0829. The van der Waals surface area contributed by atoms with Gasteiger partial charge in [0.05, 0.1) is 32.7 Å².